The predicted molar refractivity (Wildman–Crippen MR) is 178 cm³/mol. The quantitative estimate of drug-likeness (QED) is 0.197. The molecule has 4 aromatic rings. The molecule has 0 unspecified atom stereocenters. The number of carboxylic acids is 1. The number of H-pyrrole nitrogens is 1. The Balaban J connectivity index is 1.000. The van der Waals surface area contributed by atoms with E-state index in [9.17, 15) is 24.3 Å². The fourth-order valence-electron chi connectivity index (χ4n) is 6.16. The van der Waals surface area contributed by atoms with Gasteiger partial charge in [0.15, 0.2) is 0 Å². The standard InChI is InChI=1S/C34H39FN6O6/c1-3-22-16-23(5-4-21(22)2)36-30-19-31(42)40(34(46)37-30)13-15-47-14-12-38-8-10-39(11-9-38)29-18-28-25(17-27(29)35)32(43)26(33(44)45)20-41(28)24-6-7-24/h4-5,16-20,24,36H,3,6-15H2,1-2H3,(H,37,46)(H,44,45). The zero-order chi connectivity index (χ0) is 33.2. The number of aryl methyl sites for hydroxylation is 2. The molecule has 1 aliphatic heterocycles. The van der Waals surface area contributed by atoms with Crippen molar-refractivity contribution in [3.8, 4) is 0 Å². The van der Waals surface area contributed by atoms with Gasteiger partial charge in [0, 0.05) is 62.1 Å². The molecule has 12 nitrogen and oxygen atoms in total. The van der Waals surface area contributed by atoms with Gasteiger partial charge in [-0.25, -0.2) is 14.0 Å². The number of halogens is 1. The minimum absolute atomic E-state index is 0.0819. The number of carboxylic acid groups (broad SMARTS) is 1. The Hall–Kier alpha value is -4.75. The number of rotatable bonds is 12. The van der Waals surface area contributed by atoms with Crippen LogP contribution < -0.4 is 26.9 Å². The summed E-state index contributed by atoms with van der Waals surface area (Å²) in [7, 11) is 0. The van der Waals surface area contributed by atoms with Gasteiger partial charge in [-0.15, -0.1) is 0 Å². The van der Waals surface area contributed by atoms with E-state index in [-0.39, 0.29) is 30.1 Å². The van der Waals surface area contributed by atoms with Gasteiger partial charge in [0.1, 0.15) is 17.2 Å². The lowest BCUT2D eigenvalue weighted by molar-refractivity contribution is 0.0694. The summed E-state index contributed by atoms with van der Waals surface area (Å²) in [6.45, 7) is 7.95. The molecule has 2 fully saturated rings. The number of hydrogen-bond donors (Lipinski definition) is 3. The highest BCUT2D eigenvalue weighted by atomic mass is 19.1. The molecule has 0 spiro atoms. The topological polar surface area (TPSA) is 142 Å². The van der Waals surface area contributed by atoms with Crippen LogP contribution in [-0.2, 0) is 17.7 Å². The smallest absolute Gasteiger partial charge is 0.341 e. The number of ether oxygens (including phenoxy) is 1. The van der Waals surface area contributed by atoms with Gasteiger partial charge in [-0.2, -0.15) is 0 Å². The van der Waals surface area contributed by atoms with Crippen molar-refractivity contribution >= 4 is 34.1 Å². The second kappa shape index (κ2) is 13.5. The Morgan fingerprint density at radius 3 is 2.47 bits per heavy atom. The van der Waals surface area contributed by atoms with E-state index < -0.39 is 28.5 Å². The molecule has 0 atom stereocenters. The molecule has 6 rings (SSSR count). The van der Waals surface area contributed by atoms with Gasteiger partial charge in [0.2, 0.25) is 5.43 Å². The van der Waals surface area contributed by atoms with Crippen molar-refractivity contribution in [2.45, 2.75) is 45.7 Å². The number of benzene rings is 2. The second-order valence-corrected chi connectivity index (χ2v) is 12.2. The lowest BCUT2D eigenvalue weighted by Gasteiger charge is -2.36. The molecule has 47 heavy (non-hydrogen) atoms. The first kappa shape index (κ1) is 32.2. The molecule has 13 heteroatoms. The van der Waals surface area contributed by atoms with Crippen LogP contribution in [0.3, 0.4) is 0 Å². The summed E-state index contributed by atoms with van der Waals surface area (Å²) in [5.74, 6) is -1.54. The second-order valence-electron chi connectivity index (χ2n) is 12.2. The van der Waals surface area contributed by atoms with Gasteiger partial charge >= 0.3 is 11.7 Å². The van der Waals surface area contributed by atoms with Crippen molar-refractivity contribution in [2.24, 2.45) is 0 Å². The lowest BCUT2D eigenvalue weighted by atomic mass is 10.1. The normalized spacial score (nSPS) is 15.3. The van der Waals surface area contributed by atoms with Crippen LogP contribution in [0.15, 0.2) is 57.0 Å². The van der Waals surface area contributed by atoms with Gasteiger partial charge < -0.3 is 24.6 Å². The number of aromatic carboxylic acids is 1. The molecule has 3 N–H and O–H groups in total. The number of carbonyl (C=O) groups is 1. The van der Waals surface area contributed by atoms with Crippen LogP contribution in [0.4, 0.5) is 21.6 Å². The molecule has 0 amide bonds. The molecule has 2 aliphatic rings. The first-order valence-corrected chi connectivity index (χ1v) is 16.0. The van der Waals surface area contributed by atoms with Crippen LogP contribution in [-0.4, -0.2) is 76.0 Å². The van der Waals surface area contributed by atoms with E-state index in [1.807, 2.05) is 30.0 Å². The summed E-state index contributed by atoms with van der Waals surface area (Å²) in [5.41, 5.74) is 2.15. The number of aromatic amines is 1. The van der Waals surface area contributed by atoms with E-state index in [0.29, 0.717) is 56.4 Å². The Morgan fingerprint density at radius 2 is 1.79 bits per heavy atom. The van der Waals surface area contributed by atoms with Crippen LogP contribution in [0.5, 0.6) is 0 Å². The van der Waals surface area contributed by atoms with Crippen molar-refractivity contribution in [1.29, 1.82) is 0 Å². The van der Waals surface area contributed by atoms with Gasteiger partial charge in [-0.05, 0) is 61.6 Å². The molecule has 3 heterocycles. The van der Waals surface area contributed by atoms with Gasteiger partial charge in [-0.3, -0.25) is 24.0 Å². The zero-order valence-electron chi connectivity index (χ0n) is 26.6. The highest BCUT2D eigenvalue weighted by Crippen LogP contribution is 2.38. The molecular weight excluding hydrogens is 607 g/mol. The van der Waals surface area contributed by atoms with Crippen LogP contribution in [0, 0.1) is 12.7 Å². The highest BCUT2D eigenvalue weighted by molar-refractivity contribution is 5.93. The van der Waals surface area contributed by atoms with Crippen molar-refractivity contribution in [3.63, 3.8) is 0 Å². The first-order valence-electron chi connectivity index (χ1n) is 16.0. The Bertz CT molecular complexity index is 1960. The monoisotopic (exact) mass is 646 g/mol. The van der Waals surface area contributed by atoms with Gasteiger partial charge in [-0.1, -0.05) is 13.0 Å². The summed E-state index contributed by atoms with van der Waals surface area (Å²) in [6.07, 6.45) is 4.04. The summed E-state index contributed by atoms with van der Waals surface area (Å²) >= 11 is 0. The molecule has 248 valence electrons. The summed E-state index contributed by atoms with van der Waals surface area (Å²) in [5, 5.41) is 12.7. The van der Waals surface area contributed by atoms with E-state index in [0.717, 1.165) is 29.5 Å². The Morgan fingerprint density at radius 1 is 1.04 bits per heavy atom. The molecule has 2 aromatic heterocycles. The average molecular weight is 647 g/mol. The number of nitrogens with one attached hydrogen (secondary N) is 2. The van der Waals surface area contributed by atoms with Crippen LogP contribution in [0.1, 0.15) is 47.3 Å². The average Bonchev–Trinajstić information content (AvgIpc) is 3.89. The summed E-state index contributed by atoms with van der Waals surface area (Å²) in [6, 6.07) is 10.2. The maximum Gasteiger partial charge on any atom is 0.341 e. The van der Waals surface area contributed by atoms with Gasteiger partial charge in [0.05, 0.1) is 31.0 Å². The van der Waals surface area contributed by atoms with Crippen molar-refractivity contribution in [2.75, 3.05) is 56.2 Å². The molecule has 0 radical (unpaired) electrons. The third-order valence-electron chi connectivity index (χ3n) is 9.03. The number of piperazine rings is 1. The van der Waals surface area contributed by atoms with Crippen molar-refractivity contribution in [3.05, 3.63) is 96.2 Å². The van der Waals surface area contributed by atoms with E-state index in [4.69, 9.17) is 4.74 Å². The van der Waals surface area contributed by atoms with E-state index in [1.165, 1.54) is 29.5 Å². The number of anilines is 3. The largest absolute Gasteiger partial charge is 0.477 e. The minimum Gasteiger partial charge on any atom is -0.477 e. The van der Waals surface area contributed by atoms with Crippen molar-refractivity contribution in [1.82, 2.24) is 19.0 Å². The number of pyridine rings is 1. The number of aromatic nitrogens is 3. The molecule has 1 saturated carbocycles. The van der Waals surface area contributed by atoms with E-state index in [1.54, 1.807) is 10.6 Å². The molecule has 0 bridgehead atoms. The van der Waals surface area contributed by atoms with Crippen LogP contribution >= 0.6 is 0 Å². The predicted octanol–water partition coefficient (Wildman–Crippen LogP) is 3.48. The summed E-state index contributed by atoms with van der Waals surface area (Å²) < 4.78 is 24.0. The molecule has 2 aromatic carbocycles. The molecule has 1 aliphatic carbocycles. The van der Waals surface area contributed by atoms with Crippen LogP contribution in [0.2, 0.25) is 0 Å². The fourth-order valence-corrected chi connectivity index (χ4v) is 6.16. The number of fused-ring (bicyclic) bond motifs is 1. The van der Waals surface area contributed by atoms with Crippen molar-refractivity contribution < 1.29 is 19.0 Å². The third kappa shape index (κ3) is 7.00. The first-order chi connectivity index (χ1) is 22.6. The third-order valence-corrected chi connectivity index (χ3v) is 9.03. The fraction of sp³-hybridized carbons (Fsp3) is 0.412. The van der Waals surface area contributed by atoms with Gasteiger partial charge in [0.25, 0.3) is 5.56 Å². The lowest BCUT2D eigenvalue weighted by Crippen LogP contribution is -2.47. The maximum atomic E-state index is 15.3. The molecular formula is C34H39FN6O6. The van der Waals surface area contributed by atoms with E-state index >= 15 is 4.39 Å². The van der Waals surface area contributed by atoms with E-state index in [2.05, 4.69) is 22.1 Å². The number of hydrogen-bond acceptors (Lipinski definition) is 8. The summed E-state index contributed by atoms with van der Waals surface area (Å²) in [4.78, 5) is 56.6. The Kier molecular flexibility index (Phi) is 9.28. The Labute approximate surface area is 270 Å². The minimum atomic E-state index is -1.32. The highest BCUT2D eigenvalue weighted by Gasteiger charge is 2.28. The molecule has 1 saturated heterocycles. The zero-order valence-corrected chi connectivity index (χ0v) is 26.6. The van der Waals surface area contributed by atoms with Crippen LogP contribution in [0.25, 0.3) is 10.9 Å². The maximum absolute atomic E-state index is 15.3. The number of nitrogens with zero attached hydrogens (tertiary/aromatic N) is 4. The SMILES string of the molecule is CCc1cc(Nc2cc(=O)n(CCOCCN3CCN(c4cc5c(cc4F)c(=O)c(C(=O)O)cn5C4CC4)CC3)c(=O)[nH]2)ccc1C.